The predicted octanol–water partition coefficient (Wildman–Crippen LogP) is 5.73. The van der Waals surface area contributed by atoms with Crippen LogP contribution >= 0.6 is 0 Å². The molecule has 0 aliphatic rings. The van der Waals surface area contributed by atoms with Gasteiger partial charge in [-0.3, -0.25) is 0 Å². The average Bonchev–Trinajstić information content (AvgIpc) is 2.92. The molecule has 3 aromatic rings. The summed E-state index contributed by atoms with van der Waals surface area (Å²) < 4.78 is 6.19. The second-order valence-corrected chi connectivity index (χ2v) is 6.10. The lowest BCUT2D eigenvalue weighted by atomic mass is 10.0. The maximum absolute atomic E-state index is 6.19. The van der Waals surface area contributed by atoms with E-state index in [9.17, 15) is 0 Å². The molecule has 0 amide bonds. The molecule has 0 aliphatic carbocycles. The molecule has 2 heteroatoms. The van der Waals surface area contributed by atoms with Gasteiger partial charge in [0.1, 0.15) is 5.58 Å². The van der Waals surface area contributed by atoms with Crippen molar-refractivity contribution in [1.82, 2.24) is 0 Å². The van der Waals surface area contributed by atoms with E-state index in [1.807, 2.05) is 6.92 Å². The fraction of sp³-hybridized carbons (Fsp3) is 0.238. The predicted molar refractivity (Wildman–Crippen MR) is 99.2 cm³/mol. The normalized spacial score (nSPS) is 11.5. The van der Waals surface area contributed by atoms with Gasteiger partial charge in [-0.1, -0.05) is 53.6 Å². The highest BCUT2D eigenvalue weighted by atomic mass is 16.4. The van der Waals surface area contributed by atoms with Crippen LogP contribution in [0.3, 0.4) is 0 Å². The molecule has 3 rings (SSSR count). The van der Waals surface area contributed by atoms with Crippen molar-refractivity contribution in [2.45, 2.75) is 20.8 Å². The molecular weight excluding hydrogens is 282 g/mol. The number of nitrogens with zero attached hydrogens (tertiary/aromatic N) is 1. The van der Waals surface area contributed by atoms with Gasteiger partial charge in [-0.15, -0.1) is 0 Å². The van der Waals surface area contributed by atoms with Crippen LogP contribution in [0, 0.1) is 13.8 Å². The first-order valence-electron chi connectivity index (χ1n) is 8.02. The van der Waals surface area contributed by atoms with Crippen LogP contribution in [0.5, 0.6) is 0 Å². The number of hydrogen-bond donors (Lipinski definition) is 0. The SMILES string of the molecule is C/C=C/CN(C)c1oc2ccc(C)cc2c1-c1ccc(C)cc1. The Bertz CT molecular complexity index is 840. The Kier molecular flexibility index (Phi) is 4.24. The van der Waals surface area contributed by atoms with Gasteiger partial charge in [-0.25, -0.2) is 0 Å². The maximum atomic E-state index is 6.19. The summed E-state index contributed by atoms with van der Waals surface area (Å²) in [5, 5.41) is 1.18. The molecule has 1 aromatic heterocycles. The van der Waals surface area contributed by atoms with Gasteiger partial charge in [-0.05, 0) is 38.5 Å². The van der Waals surface area contributed by atoms with Crippen LogP contribution < -0.4 is 4.90 Å². The number of aryl methyl sites for hydroxylation is 2. The molecule has 0 atom stereocenters. The standard InChI is InChI=1S/C21H23NO/c1-5-6-13-22(4)21-20(17-10-7-15(2)8-11-17)18-14-16(3)9-12-19(18)23-21/h5-12,14H,13H2,1-4H3/b6-5+. The van der Waals surface area contributed by atoms with Gasteiger partial charge >= 0.3 is 0 Å². The Morgan fingerprint density at radius 1 is 1.00 bits per heavy atom. The first-order valence-corrected chi connectivity index (χ1v) is 8.02. The Labute approximate surface area is 138 Å². The van der Waals surface area contributed by atoms with E-state index < -0.39 is 0 Å². The maximum Gasteiger partial charge on any atom is 0.204 e. The van der Waals surface area contributed by atoms with Crippen LogP contribution in [0.4, 0.5) is 5.88 Å². The monoisotopic (exact) mass is 305 g/mol. The summed E-state index contributed by atoms with van der Waals surface area (Å²) in [6.45, 7) is 7.10. The Hall–Kier alpha value is -2.48. The fourth-order valence-electron chi connectivity index (χ4n) is 2.81. The molecule has 0 fully saturated rings. The number of allylic oxidation sites excluding steroid dienone is 1. The zero-order chi connectivity index (χ0) is 16.4. The van der Waals surface area contributed by atoms with Gasteiger partial charge in [0, 0.05) is 19.0 Å². The van der Waals surface area contributed by atoms with E-state index in [4.69, 9.17) is 4.42 Å². The quantitative estimate of drug-likeness (QED) is 0.572. The van der Waals surface area contributed by atoms with Crippen molar-refractivity contribution in [3.8, 4) is 11.1 Å². The molecule has 1 heterocycles. The third-order valence-corrected chi connectivity index (χ3v) is 4.13. The first kappa shape index (κ1) is 15.4. The van der Waals surface area contributed by atoms with Crippen molar-refractivity contribution in [3.05, 3.63) is 65.7 Å². The second kappa shape index (κ2) is 6.33. The highest BCUT2D eigenvalue weighted by Gasteiger charge is 2.18. The van der Waals surface area contributed by atoms with Crippen LogP contribution in [-0.2, 0) is 0 Å². The summed E-state index contributed by atoms with van der Waals surface area (Å²) in [5.74, 6) is 0.924. The van der Waals surface area contributed by atoms with Crippen LogP contribution in [0.25, 0.3) is 22.1 Å². The number of hydrogen-bond acceptors (Lipinski definition) is 2. The zero-order valence-corrected chi connectivity index (χ0v) is 14.3. The van der Waals surface area contributed by atoms with E-state index in [0.717, 1.165) is 18.0 Å². The van der Waals surface area contributed by atoms with Crippen molar-refractivity contribution in [2.24, 2.45) is 0 Å². The molecule has 118 valence electrons. The van der Waals surface area contributed by atoms with Crippen molar-refractivity contribution in [1.29, 1.82) is 0 Å². The lowest BCUT2D eigenvalue weighted by Gasteiger charge is -2.16. The third kappa shape index (κ3) is 3.02. The number of likely N-dealkylation sites (N-methyl/N-ethyl adjacent to an activating group) is 1. The van der Waals surface area contributed by atoms with E-state index in [2.05, 4.69) is 80.4 Å². The minimum atomic E-state index is 0.828. The number of benzene rings is 2. The van der Waals surface area contributed by atoms with Crippen LogP contribution in [0.2, 0.25) is 0 Å². The van der Waals surface area contributed by atoms with E-state index in [1.54, 1.807) is 0 Å². The molecule has 0 N–H and O–H groups in total. The van der Waals surface area contributed by atoms with Crippen LogP contribution in [0.15, 0.2) is 59.0 Å². The molecule has 23 heavy (non-hydrogen) atoms. The van der Waals surface area contributed by atoms with Crippen LogP contribution in [-0.4, -0.2) is 13.6 Å². The smallest absolute Gasteiger partial charge is 0.204 e. The first-order chi connectivity index (χ1) is 11.1. The fourth-order valence-corrected chi connectivity index (χ4v) is 2.81. The molecule has 0 radical (unpaired) electrons. The van der Waals surface area contributed by atoms with Crippen molar-refractivity contribution < 1.29 is 4.42 Å². The molecule has 0 aliphatic heterocycles. The number of anilines is 1. The van der Waals surface area contributed by atoms with Gasteiger partial charge in [0.15, 0.2) is 0 Å². The summed E-state index contributed by atoms with van der Waals surface area (Å²) in [5.41, 5.74) is 5.82. The molecule has 0 bridgehead atoms. The van der Waals surface area contributed by atoms with E-state index in [-0.39, 0.29) is 0 Å². The average molecular weight is 305 g/mol. The molecule has 0 spiro atoms. The van der Waals surface area contributed by atoms with Gasteiger partial charge in [0.25, 0.3) is 0 Å². The molecule has 0 saturated heterocycles. The zero-order valence-electron chi connectivity index (χ0n) is 14.3. The Morgan fingerprint density at radius 3 is 2.39 bits per heavy atom. The molecular formula is C21H23NO. The van der Waals surface area contributed by atoms with Gasteiger partial charge in [-0.2, -0.15) is 0 Å². The van der Waals surface area contributed by atoms with Crippen molar-refractivity contribution >= 4 is 16.9 Å². The Morgan fingerprint density at radius 2 is 1.70 bits per heavy atom. The lowest BCUT2D eigenvalue weighted by molar-refractivity contribution is 0.605. The number of furan rings is 1. The second-order valence-electron chi connectivity index (χ2n) is 6.10. The number of rotatable bonds is 4. The van der Waals surface area contributed by atoms with Crippen LogP contribution in [0.1, 0.15) is 18.1 Å². The van der Waals surface area contributed by atoms with Gasteiger partial charge < -0.3 is 9.32 Å². The van der Waals surface area contributed by atoms with Gasteiger partial charge in [0.2, 0.25) is 5.88 Å². The number of fused-ring (bicyclic) bond motifs is 1. The van der Waals surface area contributed by atoms with Crippen molar-refractivity contribution in [2.75, 3.05) is 18.5 Å². The topological polar surface area (TPSA) is 16.4 Å². The summed E-state index contributed by atoms with van der Waals surface area (Å²) in [4.78, 5) is 2.16. The van der Waals surface area contributed by atoms with E-state index >= 15 is 0 Å². The highest BCUT2D eigenvalue weighted by molar-refractivity contribution is 6.00. The Balaban J connectivity index is 2.22. The lowest BCUT2D eigenvalue weighted by Crippen LogP contribution is -2.16. The highest BCUT2D eigenvalue weighted by Crippen LogP contribution is 2.40. The van der Waals surface area contributed by atoms with Crippen molar-refractivity contribution in [3.63, 3.8) is 0 Å². The van der Waals surface area contributed by atoms with Gasteiger partial charge in [0.05, 0.1) is 5.56 Å². The van der Waals surface area contributed by atoms with E-state index in [0.29, 0.717) is 0 Å². The molecule has 0 saturated carbocycles. The molecule has 2 nitrogen and oxygen atoms in total. The largest absolute Gasteiger partial charge is 0.440 e. The summed E-state index contributed by atoms with van der Waals surface area (Å²) >= 11 is 0. The molecule has 0 unspecified atom stereocenters. The van der Waals surface area contributed by atoms with E-state index in [1.165, 1.54) is 27.6 Å². The third-order valence-electron chi connectivity index (χ3n) is 4.13. The molecule has 2 aromatic carbocycles. The summed E-state index contributed by atoms with van der Waals surface area (Å²) in [6.07, 6.45) is 4.20. The summed E-state index contributed by atoms with van der Waals surface area (Å²) in [6, 6.07) is 15.0. The summed E-state index contributed by atoms with van der Waals surface area (Å²) in [7, 11) is 2.07. The minimum absolute atomic E-state index is 0.828. The minimum Gasteiger partial charge on any atom is -0.440 e.